The first-order valence-electron chi connectivity index (χ1n) is 13.9. The van der Waals surface area contributed by atoms with Gasteiger partial charge >= 0.3 is 0 Å². The Bertz CT molecular complexity index is 1560. The van der Waals surface area contributed by atoms with E-state index in [0.717, 1.165) is 77.6 Å². The van der Waals surface area contributed by atoms with Crippen LogP contribution in [0, 0.1) is 0 Å². The number of nitrogens with one attached hydrogen (secondary N) is 3. The van der Waals surface area contributed by atoms with Crippen LogP contribution in [0.15, 0.2) is 73.6 Å². The van der Waals surface area contributed by atoms with Crippen LogP contribution in [0.1, 0.15) is 12.0 Å². The summed E-state index contributed by atoms with van der Waals surface area (Å²) < 4.78 is 5.48. The number of nitrogens with zero attached hydrogens (tertiary/aromatic N) is 4. The van der Waals surface area contributed by atoms with Crippen molar-refractivity contribution in [3.05, 3.63) is 79.1 Å². The molecule has 2 fully saturated rings. The maximum absolute atomic E-state index is 12.9. The second kappa shape index (κ2) is 11.8. The van der Waals surface area contributed by atoms with Gasteiger partial charge in [0.05, 0.1) is 25.0 Å². The predicted octanol–water partition coefficient (Wildman–Crippen LogP) is 3.52. The van der Waals surface area contributed by atoms with E-state index in [1.54, 1.807) is 6.33 Å². The minimum absolute atomic E-state index is 0.0801. The number of rotatable bonds is 8. The van der Waals surface area contributed by atoms with Gasteiger partial charge in [0.15, 0.2) is 0 Å². The zero-order chi connectivity index (χ0) is 28.2. The second-order valence-electron chi connectivity index (χ2n) is 10.4. The fourth-order valence-corrected chi connectivity index (χ4v) is 5.47. The van der Waals surface area contributed by atoms with Gasteiger partial charge in [-0.05, 0) is 54.0 Å². The number of amides is 2. The molecule has 2 aromatic heterocycles. The fraction of sp³-hybridized carbons (Fsp3) is 0.290. The Balaban J connectivity index is 1.08. The summed E-state index contributed by atoms with van der Waals surface area (Å²) in [5.41, 5.74) is 5.45. The third kappa shape index (κ3) is 6.07. The molecule has 0 bridgehead atoms. The van der Waals surface area contributed by atoms with E-state index in [4.69, 9.17) is 4.74 Å². The van der Waals surface area contributed by atoms with Crippen LogP contribution in [0.3, 0.4) is 0 Å². The molecule has 2 saturated heterocycles. The molecule has 0 saturated carbocycles. The smallest absolute Gasteiger partial charge is 0.243 e. The van der Waals surface area contributed by atoms with Crippen LogP contribution < -0.4 is 20.4 Å². The van der Waals surface area contributed by atoms with Crippen LogP contribution in [0.5, 0.6) is 0 Å². The lowest BCUT2D eigenvalue weighted by atomic mass is 10.1. The molecule has 1 atom stereocenters. The van der Waals surface area contributed by atoms with E-state index in [1.807, 2.05) is 48.5 Å². The first kappa shape index (κ1) is 26.5. The van der Waals surface area contributed by atoms with Crippen LogP contribution in [-0.2, 0) is 20.7 Å². The van der Waals surface area contributed by atoms with Crippen molar-refractivity contribution >= 4 is 40.0 Å². The van der Waals surface area contributed by atoms with Gasteiger partial charge in [-0.1, -0.05) is 30.8 Å². The molecule has 41 heavy (non-hydrogen) atoms. The molecule has 6 rings (SSSR count). The minimum atomic E-state index is -0.149. The van der Waals surface area contributed by atoms with Crippen molar-refractivity contribution in [1.82, 2.24) is 20.3 Å². The van der Waals surface area contributed by atoms with Gasteiger partial charge in [-0.3, -0.25) is 9.59 Å². The molecule has 0 aliphatic carbocycles. The number of ether oxygens (including phenoxy) is 1. The highest BCUT2D eigenvalue weighted by Crippen LogP contribution is 2.30. The Kier molecular flexibility index (Phi) is 7.64. The van der Waals surface area contributed by atoms with E-state index in [0.29, 0.717) is 13.2 Å². The lowest BCUT2D eigenvalue weighted by Gasteiger charge is -2.27. The number of morpholine rings is 1. The van der Waals surface area contributed by atoms with Gasteiger partial charge in [-0.15, -0.1) is 0 Å². The Morgan fingerprint density at radius 1 is 1.05 bits per heavy atom. The van der Waals surface area contributed by atoms with E-state index < -0.39 is 0 Å². The minimum Gasteiger partial charge on any atom is -0.378 e. The van der Waals surface area contributed by atoms with Gasteiger partial charge in [0.25, 0.3) is 0 Å². The monoisotopic (exact) mass is 551 g/mol. The quantitative estimate of drug-likeness (QED) is 0.287. The molecule has 4 aromatic rings. The van der Waals surface area contributed by atoms with Gasteiger partial charge in [0.1, 0.15) is 17.8 Å². The summed E-state index contributed by atoms with van der Waals surface area (Å²) in [4.78, 5) is 41.3. The number of hydrogen-bond acceptors (Lipinski definition) is 7. The molecule has 2 aromatic carbocycles. The summed E-state index contributed by atoms with van der Waals surface area (Å²) in [5.74, 6) is 0.685. The molecule has 3 N–H and O–H groups in total. The number of anilines is 3. The van der Waals surface area contributed by atoms with E-state index in [-0.39, 0.29) is 24.3 Å². The van der Waals surface area contributed by atoms with Gasteiger partial charge in [-0.25, -0.2) is 9.97 Å². The third-order valence-electron chi connectivity index (χ3n) is 7.56. The Labute approximate surface area is 238 Å². The highest BCUT2D eigenvalue weighted by atomic mass is 16.5. The first-order chi connectivity index (χ1) is 20.1. The maximum Gasteiger partial charge on any atom is 0.243 e. The van der Waals surface area contributed by atoms with Crippen molar-refractivity contribution in [2.24, 2.45) is 0 Å². The third-order valence-corrected chi connectivity index (χ3v) is 7.56. The van der Waals surface area contributed by atoms with E-state index in [2.05, 4.69) is 48.0 Å². The average molecular weight is 552 g/mol. The lowest BCUT2D eigenvalue weighted by Crippen LogP contribution is -2.36. The molecule has 2 aliphatic rings. The number of hydrogen-bond donors (Lipinski definition) is 3. The average Bonchev–Trinajstić information content (AvgIpc) is 3.65. The summed E-state index contributed by atoms with van der Waals surface area (Å²) in [6.07, 6.45) is 4.04. The van der Waals surface area contributed by atoms with Crippen molar-refractivity contribution in [3.63, 3.8) is 0 Å². The topological polar surface area (TPSA) is 115 Å². The van der Waals surface area contributed by atoms with Crippen molar-refractivity contribution in [2.45, 2.75) is 18.9 Å². The summed E-state index contributed by atoms with van der Waals surface area (Å²) >= 11 is 0. The van der Waals surface area contributed by atoms with Crippen molar-refractivity contribution in [3.8, 4) is 11.3 Å². The van der Waals surface area contributed by atoms with Crippen LogP contribution in [-0.4, -0.2) is 72.2 Å². The number of carbonyl (C=O) groups excluding carboxylic acids is 2. The Hall–Kier alpha value is -4.70. The summed E-state index contributed by atoms with van der Waals surface area (Å²) in [6, 6.07) is 18.0. The molecular weight excluding hydrogens is 518 g/mol. The number of aromatic nitrogens is 3. The fourth-order valence-electron chi connectivity index (χ4n) is 5.47. The summed E-state index contributed by atoms with van der Waals surface area (Å²) in [6.45, 7) is 8.10. The molecule has 0 unspecified atom stereocenters. The number of H-pyrrole nitrogens is 1. The first-order valence-corrected chi connectivity index (χ1v) is 13.9. The SMILES string of the molecule is C=CC(=O)N[C@H]1CCN(c2cccc(CC(=O)Nc3ccc(-c4cc5c(N6CCOCC6)ncnc5[nH]4)cc3)c2)C1. The molecule has 10 nitrogen and oxygen atoms in total. The molecule has 0 radical (unpaired) electrons. The largest absolute Gasteiger partial charge is 0.378 e. The maximum atomic E-state index is 12.9. The molecular formula is C31H33N7O3. The highest BCUT2D eigenvalue weighted by molar-refractivity contribution is 5.94. The summed E-state index contributed by atoms with van der Waals surface area (Å²) in [5, 5.41) is 6.96. The van der Waals surface area contributed by atoms with Gasteiger partial charge < -0.3 is 30.2 Å². The van der Waals surface area contributed by atoms with Crippen molar-refractivity contribution in [1.29, 1.82) is 0 Å². The number of benzene rings is 2. The molecule has 4 heterocycles. The zero-order valence-electron chi connectivity index (χ0n) is 22.8. The predicted molar refractivity (Wildman–Crippen MR) is 160 cm³/mol. The van der Waals surface area contributed by atoms with Crippen LogP contribution in [0.25, 0.3) is 22.3 Å². The van der Waals surface area contributed by atoms with Crippen LogP contribution in [0.2, 0.25) is 0 Å². The molecule has 2 aliphatic heterocycles. The molecule has 10 heteroatoms. The van der Waals surface area contributed by atoms with E-state index >= 15 is 0 Å². The van der Waals surface area contributed by atoms with Crippen molar-refractivity contribution < 1.29 is 14.3 Å². The number of carbonyl (C=O) groups is 2. The van der Waals surface area contributed by atoms with E-state index in [1.165, 1.54) is 6.08 Å². The number of aromatic amines is 1. The van der Waals surface area contributed by atoms with E-state index in [9.17, 15) is 9.59 Å². The zero-order valence-corrected chi connectivity index (χ0v) is 22.8. The molecule has 2 amide bonds. The lowest BCUT2D eigenvalue weighted by molar-refractivity contribution is -0.117. The van der Waals surface area contributed by atoms with Crippen LogP contribution in [0.4, 0.5) is 17.2 Å². The molecule has 0 spiro atoms. The van der Waals surface area contributed by atoms with Crippen LogP contribution >= 0.6 is 0 Å². The van der Waals surface area contributed by atoms with Gasteiger partial charge in [-0.2, -0.15) is 0 Å². The highest BCUT2D eigenvalue weighted by Gasteiger charge is 2.24. The second-order valence-corrected chi connectivity index (χ2v) is 10.4. The van der Waals surface area contributed by atoms with Gasteiger partial charge in [0, 0.05) is 49.3 Å². The number of fused-ring (bicyclic) bond motifs is 1. The standard InChI is InChI=1S/C31H33N7O3/c1-2-28(39)35-24-10-11-38(19-24)25-5-3-4-21(16-25)17-29(40)34-23-8-6-22(7-9-23)27-18-26-30(36-27)32-20-33-31(26)37-12-14-41-15-13-37/h2-9,16,18,20,24H,1,10-15,17,19H2,(H,34,40)(H,35,39)(H,32,33,36)/t24-/m0/s1. The summed E-state index contributed by atoms with van der Waals surface area (Å²) in [7, 11) is 0. The molecule has 210 valence electrons. The van der Waals surface area contributed by atoms with Crippen molar-refractivity contribution in [2.75, 3.05) is 54.5 Å². The Morgan fingerprint density at radius 3 is 2.68 bits per heavy atom. The normalized spacial score (nSPS) is 17.0. The van der Waals surface area contributed by atoms with Gasteiger partial charge in [0.2, 0.25) is 11.8 Å². The Morgan fingerprint density at radius 2 is 1.88 bits per heavy atom.